The van der Waals surface area contributed by atoms with Gasteiger partial charge >= 0.3 is 0 Å². The first-order chi connectivity index (χ1) is 11.9. The van der Waals surface area contributed by atoms with E-state index in [9.17, 15) is 19.7 Å². The Labute approximate surface area is 152 Å². The highest BCUT2D eigenvalue weighted by atomic mass is 35.5. The lowest BCUT2D eigenvalue weighted by Gasteiger charge is -2.11. The van der Waals surface area contributed by atoms with Crippen molar-refractivity contribution in [2.24, 2.45) is 0 Å². The Morgan fingerprint density at radius 1 is 1.00 bits per heavy atom. The van der Waals surface area contributed by atoms with E-state index in [1.807, 2.05) is 0 Å². The Morgan fingerprint density at radius 2 is 1.64 bits per heavy atom. The van der Waals surface area contributed by atoms with Crippen molar-refractivity contribution in [2.75, 3.05) is 0 Å². The molecule has 0 aliphatic rings. The summed E-state index contributed by atoms with van der Waals surface area (Å²) in [7, 11) is 0. The molecular formula is C15H11ClN4O4S. The number of hydrogen-bond acceptors (Lipinski definition) is 5. The number of carbonyl (C=O) groups excluding carboxylic acids is 2. The molecule has 0 atom stereocenters. The summed E-state index contributed by atoms with van der Waals surface area (Å²) < 4.78 is 0. The van der Waals surface area contributed by atoms with Crippen molar-refractivity contribution < 1.29 is 14.5 Å². The van der Waals surface area contributed by atoms with Crippen LogP contribution in [0, 0.1) is 10.1 Å². The van der Waals surface area contributed by atoms with Gasteiger partial charge < -0.3 is 0 Å². The van der Waals surface area contributed by atoms with Crippen LogP contribution in [0.15, 0.2) is 48.5 Å². The summed E-state index contributed by atoms with van der Waals surface area (Å²) in [6.45, 7) is 0. The molecule has 0 aromatic heterocycles. The molecule has 0 fully saturated rings. The molecule has 2 aromatic rings. The van der Waals surface area contributed by atoms with Crippen LogP contribution in [0.1, 0.15) is 20.7 Å². The molecule has 0 aliphatic heterocycles. The maximum atomic E-state index is 12.0. The number of rotatable bonds is 3. The van der Waals surface area contributed by atoms with Gasteiger partial charge in [0.1, 0.15) is 0 Å². The molecule has 0 radical (unpaired) electrons. The molecule has 3 N–H and O–H groups in total. The second-order valence-corrected chi connectivity index (χ2v) is 5.46. The van der Waals surface area contributed by atoms with Crippen molar-refractivity contribution in [1.29, 1.82) is 0 Å². The number of halogens is 1. The van der Waals surface area contributed by atoms with Gasteiger partial charge in [-0.25, -0.2) is 0 Å². The summed E-state index contributed by atoms with van der Waals surface area (Å²) in [6.07, 6.45) is 0. The van der Waals surface area contributed by atoms with Crippen molar-refractivity contribution >= 4 is 46.4 Å². The SMILES string of the molecule is O=C(NC(=S)NNC(=O)c1ccccc1Cl)c1ccc([N+](=O)[O-])cc1. The zero-order valence-electron chi connectivity index (χ0n) is 12.5. The average Bonchev–Trinajstić information content (AvgIpc) is 2.60. The zero-order valence-corrected chi connectivity index (χ0v) is 14.1. The maximum absolute atomic E-state index is 12.0. The summed E-state index contributed by atoms with van der Waals surface area (Å²) in [5, 5.41) is 13.0. The highest BCUT2D eigenvalue weighted by Gasteiger charge is 2.12. The van der Waals surface area contributed by atoms with Crippen LogP contribution in [0.25, 0.3) is 0 Å². The van der Waals surface area contributed by atoms with E-state index in [4.69, 9.17) is 23.8 Å². The lowest BCUT2D eigenvalue weighted by Crippen LogP contribution is -2.48. The predicted octanol–water partition coefficient (Wildman–Crippen LogP) is 2.20. The summed E-state index contributed by atoms with van der Waals surface area (Å²) in [5.74, 6) is -1.11. The maximum Gasteiger partial charge on any atom is 0.271 e. The normalized spacial score (nSPS) is 9.80. The molecule has 0 saturated carbocycles. The van der Waals surface area contributed by atoms with Crippen LogP contribution in [-0.4, -0.2) is 21.9 Å². The molecule has 0 saturated heterocycles. The molecule has 2 aromatic carbocycles. The fourth-order valence-electron chi connectivity index (χ4n) is 1.77. The Morgan fingerprint density at radius 3 is 2.24 bits per heavy atom. The summed E-state index contributed by atoms with van der Waals surface area (Å²) in [4.78, 5) is 33.9. The van der Waals surface area contributed by atoms with Gasteiger partial charge in [0.2, 0.25) is 0 Å². The zero-order chi connectivity index (χ0) is 18.4. The van der Waals surface area contributed by atoms with E-state index >= 15 is 0 Å². The number of benzene rings is 2. The van der Waals surface area contributed by atoms with Crippen LogP contribution in [0.3, 0.4) is 0 Å². The first-order valence-corrected chi connectivity index (χ1v) is 7.58. The lowest BCUT2D eigenvalue weighted by molar-refractivity contribution is -0.384. The van der Waals surface area contributed by atoms with Crippen LogP contribution < -0.4 is 16.2 Å². The van der Waals surface area contributed by atoms with E-state index in [2.05, 4.69) is 16.2 Å². The summed E-state index contributed by atoms with van der Waals surface area (Å²) in [5.41, 5.74) is 4.95. The molecule has 8 nitrogen and oxygen atoms in total. The minimum absolute atomic E-state index is 0.135. The minimum Gasteiger partial charge on any atom is -0.298 e. The van der Waals surface area contributed by atoms with E-state index in [0.717, 1.165) is 0 Å². The van der Waals surface area contributed by atoms with Gasteiger partial charge in [-0.2, -0.15) is 0 Å². The second-order valence-electron chi connectivity index (χ2n) is 4.65. The first-order valence-electron chi connectivity index (χ1n) is 6.79. The van der Waals surface area contributed by atoms with E-state index in [1.54, 1.807) is 18.2 Å². The molecule has 0 spiro atoms. The molecule has 128 valence electrons. The summed E-state index contributed by atoms with van der Waals surface area (Å²) in [6, 6.07) is 11.4. The Hall–Kier alpha value is -3.04. The van der Waals surface area contributed by atoms with Crippen LogP contribution in [0.5, 0.6) is 0 Å². The van der Waals surface area contributed by atoms with Gasteiger partial charge in [0, 0.05) is 17.7 Å². The van der Waals surface area contributed by atoms with Gasteiger partial charge in [-0.1, -0.05) is 23.7 Å². The number of nitrogens with one attached hydrogen (secondary N) is 3. The molecule has 2 amide bonds. The number of non-ortho nitro benzene ring substituents is 1. The molecule has 0 aliphatic carbocycles. The number of nitro groups is 1. The molecule has 0 bridgehead atoms. The highest BCUT2D eigenvalue weighted by molar-refractivity contribution is 7.80. The predicted molar refractivity (Wildman–Crippen MR) is 95.2 cm³/mol. The van der Waals surface area contributed by atoms with E-state index in [-0.39, 0.29) is 26.9 Å². The van der Waals surface area contributed by atoms with Crippen LogP contribution in [-0.2, 0) is 0 Å². The van der Waals surface area contributed by atoms with E-state index in [1.165, 1.54) is 30.3 Å². The quantitative estimate of drug-likeness (QED) is 0.428. The van der Waals surface area contributed by atoms with Crippen molar-refractivity contribution in [3.05, 3.63) is 74.8 Å². The van der Waals surface area contributed by atoms with Crippen LogP contribution >= 0.6 is 23.8 Å². The monoisotopic (exact) mass is 378 g/mol. The number of hydrazine groups is 1. The number of carbonyl (C=O) groups is 2. The third kappa shape index (κ3) is 4.96. The minimum atomic E-state index is -0.584. The number of thiocarbonyl (C=S) groups is 1. The number of hydrogen-bond donors (Lipinski definition) is 3. The van der Waals surface area contributed by atoms with Gasteiger partial charge in [0.25, 0.3) is 17.5 Å². The average molecular weight is 379 g/mol. The lowest BCUT2D eigenvalue weighted by atomic mass is 10.2. The Balaban J connectivity index is 1.89. The molecule has 0 heterocycles. The van der Waals surface area contributed by atoms with Crippen LogP contribution in [0.4, 0.5) is 5.69 Å². The van der Waals surface area contributed by atoms with Crippen LogP contribution in [0.2, 0.25) is 5.02 Å². The summed E-state index contributed by atoms with van der Waals surface area (Å²) >= 11 is 10.8. The van der Waals surface area contributed by atoms with Crippen molar-refractivity contribution in [3.63, 3.8) is 0 Å². The number of nitrogens with zero attached hydrogens (tertiary/aromatic N) is 1. The van der Waals surface area contributed by atoms with Gasteiger partial charge in [-0.05, 0) is 36.5 Å². The molecule has 25 heavy (non-hydrogen) atoms. The number of amides is 2. The van der Waals surface area contributed by atoms with E-state index in [0.29, 0.717) is 0 Å². The van der Waals surface area contributed by atoms with Gasteiger partial charge in [-0.3, -0.25) is 35.9 Å². The van der Waals surface area contributed by atoms with Gasteiger partial charge in [0.15, 0.2) is 5.11 Å². The van der Waals surface area contributed by atoms with E-state index < -0.39 is 16.7 Å². The standard InChI is InChI=1S/C15H11ClN4O4S/c16-12-4-2-1-3-11(12)14(22)18-19-15(25)17-13(21)9-5-7-10(8-6-9)20(23)24/h1-8H,(H,18,22)(H2,17,19,21,25). The molecule has 0 unspecified atom stereocenters. The fourth-order valence-corrected chi connectivity index (χ4v) is 2.13. The van der Waals surface area contributed by atoms with Crippen molar-refractivity contribution in [1.82, 2.24) is 16.2 Å². The molecular weight excluding hydrogens is 368 g/mol. The Bertz CT molecular complexity index is 842. The van der Waals surface area contributed by atoms with Gasteiger partial charge in [0.05, 0.1) is 15.5 Å². The largest absolute Gasteiger partial charge is 0.298 e. The third-order valence-corrected chi connectivity index (χ3v) is 3.51. The fraction of sp³-hybridized carbons (Fsp3) is 0. The highest BCUT2D eigenvalue weighted by Crippen LogP contribution is 2.14. The third-order valence-electron chi connectivity index (χ3n) is 2.98. The second kappa shape index (κ2) is 8.18. The number of nitro benzene ring substituents is 1. The Kier molecular flexibility index (Phi) is 5.98. The first kappa shape index (κ1) is 18.3. The topological polar surface area (TPSA) is 113 Å². The molecule has 2 rings (SSSR count). The van der Waals surface area contributed by atoms with Crippen molar-refractivity contribution in [2.45, 2.75) is 0 Å². The van der Waals surface area contributed by atoms with Crippen molar-refractivity contribution in [3.8, 4) is 0 Å². The molecule has 10 heteroatoms. The smallest absolute Gasteiger partial charge is 0.271 e. The van der Waals surface area contributed by atoms with Gasteiger partial charge in [-0.15, -0.1) is 0 Å².